The van der Waals surface area contributed by atoms with Gasteiger partial charge in [-0.1, -0.05) is 206 Å². The predicted molar refractivity (Wildman–Crippen MR) is 240 cm³/mol. The number of nitriles is 1. The number of carbonyl (C=O) groups excluding carboxylic acids is 2. The van der Waals surface area contributed by atoms with Gasteiger partial charge in [-0.3, -0.25) is 9.59 Å². The van der Waals surface area contributed by atoms with Crippen LogP contribution in [0.5, 0.6) is 0 Å². The molecule has 2 N–H and O–H groups in total. The lowest BCUT2D eigenvalue weighted by Gasteiger charge is -2.30. The standard InChI is InChI=1S/C48H92N2O5S/c1-4-6-8-10-12-14-16-18-20-22-24-26-28-30-32-34-38-50(39-35-33-31-29-27-25-23-21-19-17-15-13-11-9-7-5-2)46(53)36-37-48(3,43-49)45(42-56)47(54)55-41-44(52)40-51/h44-45,51-52,56H,4-42H2,1-3H3. The Morgan fingerprint density at radius 3 is 1.23 bits per heavy atom. The van der Waals surface area contributed by atoms with Gasteiger partial charge in [0.1, 0.15) is 12.7 Å². The average molecular weight is 809 g/mol. The van der Waals surface area contributed by atoms with Crippen LogP contribution in [0.1, 0.15) is 239 Å². The summed E-state index contributed by atoms with van der Waals surface area (Å²) in [5.41, 5.74) is -1.13. The summed E-state index contributed by atoms with van der Waals surface area (Å²) in [5.74, 6) is -1.34. The second-order valence-corrected chi connectivity index (χ2v) is 17.6. The molecule has 0 aliphatic rings. The van der Waals surface area contributed by atoms with E-state index in [1.54, 1.807) is 6.92 Å². The third-order valence-electron chi connectivity index (χ3n) is 11.9. The van der Waals surface area contributed by atoms with Crippen molar-refractivity contribution in [2.75, 3.05) is 32.1 Å². The van der Waals surface area contributed by atoms with Crippen molar-refractivity contribution in [3.05, 3.63) is 0 Å². The monoisotopic (exact) mass is 809 g/mol. The minimum absolute atomic E-state index is 0.0513. The van der Waals surface area contributed by atoms with Crippen molar-refractivity contribution in [2.45, 2.75) is 245 Å². The highest BCUT2D eigenvalue weighted by molar-refractivity contribution is 7.80. The largest absolute Gasteiger partial charge is 0.463 e. The van der Waals surface area contributed by atoms with E-state index in [2.05, 4.69) is 32.5 Å². The summed E-state index contributed by atoms with van der Waals surface area (Å²) in [5, 5.41) is 28.8. The smallest absolute Gasteiger partial charge is 0.311 e. The maximum absolute atomic E-state index is 13.6. The molecule has 0 aliphatic heterocycles. The van der Waals surface area contributed by atoms with Crippen LogP contribution in [0.3, 0.4) is 0 Å². The zero-order valence-electron chi connectivity index (χ0n) is 37.2. The lowest BCUT2D eigenvalue weighted by Crippen LogP contribution is -2.39. The SMILES string of the molecule is CCCCCCCCCCCCCCCCCCN(CCCCCCCCCCCCCCCCCC)C(=O)CCC(C)(C#N)C(CS)C(=O)OCC(O)CO. The summed E-state index contributed by atoms with van der Waals surface area (Å²) in [6.07, 6.45) is 41.5. The first-order valence-electron chi connectivity index (χ1n) is 24.0. The number of nitrogens with zero attached hydrogens (tertiary/aromatic N) is 2. The number of ether oxygens (including phenoxy) is 1. The van der Waals surface area contributed by atoms with Crippen molar-refractivity contribution in [1.29, 1.82) is 5.26 Å². The number of rotatable bonds is 43. The van der Waals surface area contributed by atoms with E-state index in [0.29, 0.717) is 0 Å². The molecule has 0 spiro atoms. The van der Waals surface area contributed by atoms with E-state index in [0.717, 1.165) is 38.8 Å². The Labute approximate surface area is 352 Å². The molecule has 7 nitrogen and oxygen atoms in total. The van der Waals surface area contributed by atoms with Crippen molar-refractivity contribution in [3.8, 4) is 6.07 Å². The Balaban J connectivity index is 4.64. The number of amides is 1. The van der Waals surface area contributed by atoms with E-state index in [9.17, 15) is 20.0 Å². The molecule has 330 valence electrons. The zero-order chi connectivity index (χ0) is 41.4. The fraction of sp³-hybridized carbons (Fsp3) is 0.938. The number of unbranched alkanes of at least 4 members (excludes halogenated alkanes) is 30. The highest BCUT2D eigenvalue weighted by Gasteiger charge is 2.40. The topological polar surface area (TPSA) is 111 Å². The fourth-order valence-corrected chi connectivity index (χ4v) is 8.32. The first kappa shape index (κ1) is 54.7. The predicted octanol–water partition coefficient (Wildman–Crippen LogP) is 13.1. The maximum atomic E-state index is 13.6. The van der Waals surface area contributed by atoms with Gasteiger partial charge in [-0.15, -0.1) is 0 Å². The third-order valence-corrected chi connectivity index (χ3v) is 12.3. The summed E-state index contributed by atoms with van der Waals surface area (Å²) in [7, 11) is 0. The molecular formula is C48H92N2O5S. The van der Waals surface area contributed by atoms with Crippen LogP contribution in [0.4, 0.5) is 0 Å². The van der Waals surface area contributed by atoms with Crippen LogP contribution in [0.2, 0.25) is 0 Å². The lowest BCUT2D eigenvalue weighted by atomic mass is 9.75. The van der Waals surface area contributed by atoms with Gasteiger partial charge in [-0.2, -0.15) is 17.9 Å². The van der Waals surface area contributed by atoms with Crippen LogP contribution < -0.4 is 0 Å². The number of thiol groups is 1. The van der Waals surface area contributed by atoms with Crippen LogP contribution in [-0.2, 0) is 14.3 Å². The number of aliphatic hydroxyl groups is 2. The van der Waals surface area contributed by atoms with Crippen LogP contribution in [0.25, 0.3) is 0 Å². The van der Waals surface area contributed by atoms with E-state index in [1.807, 2.05) is 4.90 Å². The van der Waals surface area contributed by atoms with E-state index < -0.39 is 30.0 Å². The van der Waals surface area contributed by atoms with Crippen LogP contribution in [0.15, 0.2) is 0 Å². The molecule has 0 aromatic heterocycles. The number of hydrogen-bond acceptors (Lipinski definition) is 7. The Bertz CT molecular complexity index is 894. The fourth-order valence-electron chi connectivity index (χ4n) is 7.76. The molecular weight excluding hydrogens is 717 g/mol. The highest BCUT2D eigenvalue weighted by Crippen LogP contribution is 2.34. The summed E-state index contributed by atoms with van der Waals surface area (Å²) in [6.45, 7) is 6.88. The van der Waals surface area contributed by atoms with E-state index in [4.69, 9.17) is 9.84 Å². The minimum atomic E-state index is -1.17. The maximum Gasteiger partial charge on any atom is 0.311 e. The van der Waals surface area contributed by atoms with Crippen molar-refractivity contribution >= 4 is 24.5 Å². The van der Waals surface area contributed by atoms with Gasteiger partial charge in [0.2, 0.25) is 5.91 Å². The Hall–Kier alpha value is -1.30. The third kappa shape index (κ3) is 31.7. The number of aliphatic hydroxyl groups excluding tert-OH is 2. The van der Waals surface area contributed by atoms with Gasteiger partial charge >= 0.3 is 5.97 Å². The number of hydrogen-bond donors (Lipinski definition) is 3. The molecule has 0 aliphatic carbocycles. The van der Waals surface area contributed by atoms with Gasteiger partial charge in [0.15, 0.2) is 0 Å². The molecule has 1 amide bonds. The zero-order valence-corrected chi connectivity index (χ0v) is 38.1. The second kappa shape index (κ2) is 40.5. The molecule has 8 heteroatoms. The molecule has 0 bridgehead atoms. The van der Waals surface area contributed by atoms with E-state index >= 15 is 0 Å². The quantitative estimate of drug-likeness (QED) is 0.0321. The molecule has 3 unspecified atom stereocenters. The van der Waals surface area contributed by atoms with Crippen molar-refractivity contribution in [1.82, 2.24) is 4.90 Å². The molecule has 0 heterocycles. The Morgan fingerprint density at radius 1 is 0.625 bits per heavy atom. The molecule has 0 aromatic rings. The highest BCUT2D eigenvalue weighted by atomic mass is 32.1. The first-order valence-corrected chi connectivity index (χ1v) is 24.7. The van der Waals surface area contributed by atoms with Crippen molar-refractivity contribution in [2.24, 2.45) is 11.3 Å². The molecule has 0 aromatic carbocycles. The molecule has 0 saturated heterocycles. The van der Waals surface area contributed by atoms with Crippen LogP contribution >= 0.6 is 12.6 Å². The van der Waals surface area contributed by atoms with Crippen molar-refractivity contribution < 1.29 is 24.5 Å². The molecule has 0 fully saturated rings. The average Bonchev–Trinajstić information content (AvgIpc) is 3.20. The van der Waals surface area contributed by atoms with Gasteiger partial charge in [0, 0.05) is 25.3 Å². The molecule has 0 radical (unpaired) electrons. The van der Waals surface area contributed by atoms with Gasteiger partial charge in [-0.25, -0.2) is 0 Å². The van der Waals surface area contributed by atoms with Crippen LogP contribution in [0, 0.1) is 22.7 Å². The summed E-state index contributed by atoms with van der Waals surface area (Å²) in [6, 6.07) is 2.28. The number of carbonyl (C=O) groups is 2. The van der Waals surface area contributed by atoms with Gasteiger partial charge in [0.05, 0.1) is 24.0 Å². The second-order valence-electron chi connectivity index (χ2n) is 17.2. The molecule has 3 atom stereocenters. The Morgan fingerprint density at radius 2 is 0.946 bits per heavy atom. The normalized spacial score (nSPS) is 13.6. The van der Waals surface area contributed by atoms with Gasteiger partial charge in [0.25, 0.3) is 0 Å². The minimum Gasteiger partial charge on any atom is -0.463 e. The van der Waals surface area contributed by atoms with Crippen LogP contribution in [-0.4, -0.2) is 65.1 Å². The van der Waals surface area contributed by atoms with Gasteiger partial charge < -0.3 is 19.8 Å². The summed E-state index contributed by atoms with van der Waals surface area (Å²) >= 11 is 4.34. The molecule has 0 saturated carbocycles. The summed E-state index contributed by atoms with van der Waals surface area (Å²) < 4.78 is 5.19. The van der Waals surface area contributed by atoms with E-state index in [1.165, 1.54) is 180 Å². The molecule has 56 heavy (non-hydrogen) atoms. The number of esters is 1. The lowest BCUT2D eigenvalue weighted by molar-refractivity contribution is -0.155. The molecule has 0 rings (SSSR count). The van der Waals surface area contributed by atoms with Gasteiger partial charge in [-0.05, 0) is 26.2 Å². The Kier molecular flexibility index (Phi) is 39.5. The van der Waals surface area contributed by atoms with Crippen molar-refractivity contribution in [3.63, 3.8) is 0 Å². The first-order chi connectivity index (χ1) is 27.3. The van der Waals surface area contributed by atoms with E-state index in [-0.39, 0.29) is 31.1 Å². The summed E-state index contributed by atoms with van der Waals surface area (Å²) in [4.78, 5) is 28.5.